The fraction of sp³-hybridized carbons (Fsp3) is 0.250. The molecule has 26 heavy (non-hydrogen) atoms. The Balaban J connectivity index is 1.69. The standard InChI is InChI=1S/C20H21N3O3/c1-14-6-3-4-7-17(14)20-23-22-19(26-20)16-10-8-15(9-11-16)18(24)21-12-5-13-25-2/h3-4,6-11H,5,12-13H2,1-2H3,(H,21,24). The van der Waals surface area contributed by atoms with Crippen molar-refractivity contribution in [3.63, 3.8) is 0 Å². The highest BCUT2D eigenvalue weighted by atomic mass is 16.5. The molecule has 0 saturated heterocycles. The number of rotatable bonds is 7. The van der Waals surface area contributed by atoms with Crippen molar-refractivity contribution in [2.45, 2.75) is 13.3 Å². The van der Waals surface area contributed by atoms with E-state index in [-0.39, 0.29) is 5.91 Å². The van der Waals surface area contributed by atoms with Gasteiger partial charge in [0.05, 0.1) is 0 Å². The Morgan fingerprint density at radius 2 is 1.81 bits per heavy atom. The van der Waals surface area contributed by atoms with Crippen LogP contribution >= 0.6 is 0 Å². The summed E-state index contributed by atoms with van der Waals surface area (Å²) in [4.78, 5) is 12.1. The number of ether oxygens (including phenoxy) is 1. The zero-order valence-electron chi connectivity index (χ0n) is 14.9. The van der Waals surface area contributed by atoms with Crippen LogP contribution in [0.15, 0.2) is 52.9 Å². The molecule has 3 rings (SSSR count). The predicted molar refractivity (Wildman–Crippen MR) is 98.7 cm³/mol. The van der Waals surface area contributed by atoms with Gasteiger partial charge in [0, 0.05) is 37.0 Å². The van der Waals surface area contributed by atoms with E-state index >= 15 is 0 Å². The number of hydrogen-bond donors (Lipinski definition) is 1. The molecule has 0 aliphatic heterocycles. The van der Waals surface area contributed by atoms with Crippen molar-refractivity contribution in [1.29, 1.82) is 0 Å². The average Bonchev–Trinajstić information content (AvgIpc) is 3.15. The van der Waals surface area contributed by atoms with E-state index < -0.39 is 0 Å². The Morgan fingerprint density at radius 1 is 1.08 bits per heavy atom. The lowest BCUT2D eigenvalue weighted by atomic mass is 10.1. The summed E-state index contributed by atoms with van der Waals surface area (Å²) in [6.45, 7) is 3.21. The van der Waals surface area contributed by atoms with E-state index in [1.54, 1.807) is 31.4 Å². The summed E-state index contributed by atoms with van der Waals surface area (Å²) in [5.41, 5.74) is 3.35. The van der Waals surface area contributed by atoms with Crippen molar-refractivity contribution < 1.29 is 13.9 Å². The number of nitrogens with one attached hydrogen (secondary N) is 1. The largest absolute Gasteiger partial charge is 0.416 e. The maximum absolute atomic E-state index is 12.1. The van der Waals surface area contributed by atoms with Crippen LogP contribution in [0.25, 0.3) is 22.9 Å². The molecule has 2 aromatic carbocycles. The maximum atomic E-state index is 12.1. The van der Waals surface area contributed by atoms with Crippen LogP contribution in [0.5, 0.6) is 0 Å². The molecule has 0 radical (unpaired) electrons. The molecule has 1 amide bonds. The zero-order valence-corrected chi connectivity index (χ0v) is 14.9. The summed E-state index contributed by atoms with van der Waals surface area (Å²) in [5.74, 6) is 0.798. The van der Waals surface area contributed by atoms with Crippen LogP contribution in [-0.2, 0) is 4.74 Å². The maximum Gasteiger partial charge on any atom is 0.251 e. The lowest BCUT2D eigenvalue weighted by Gasteiger charge is -2.05. The van der Waals surface area contributed by atoms with Crippen molar-refractivity contribution >= 4 is 5.91 Å². The van der Waals surface area contributed by atoms with Gasteiger partial charge < -0.3 is 14.5 Å². The summed E-state index contributed by atoms with van der Waals surface area (Å²) >= 11 is 0. The smallest absolute Gasteiger partial charge is 0.251 e. The Labute approximate surface area is 152 Å². The first-order chi connectivity index (χ1) is 12.7. The van der Waals surface area contributed by atoms with Gasteiger partial charge in [0.1, 0.15) is 0 Å². The third-order valence-corrected chi connectivity index (χ3v) is 4.01. The molecule has 0 aliphatic carbocycles. The first-order valence-electron chi connectivity index (χ1n) is 8.46. The number of methoxy groups -OCH3 is 1. The van der Waals surface area contributed by atoms with Crippen LogP contribution in [0, 0.1) is 6.92 Å². The van der Waals surface area contributed by atoms with Gasteiger partial charge >= 0.3 is 0 Å². The topological polar surface area (TPSA) is 77.2 Å². The van der Waals surface area contributed by atoms with E-state index in [0.29, 0.717) is 30.5 Å². The molecule has 134 valence electrons. The second kappa shape index (κ2) is 8.40. The highest BCUT2D eigenvalue weighted by Gasteiger charge is 2.13. The van der Waals surface area contributed by atoms with Gasteiger partial charge in [-0.3, -0.25) is 4.79 Å². The molecule has 0 unspecified atom stereocenters. The summed E-state index contributed by atoms with van der Waals surface area (Å²) in [6, 6.07) is 15.0. The number of carbonyl (C=O) groups is 1. The van der Waals surface area contributed by atoms with Crippen LogP contribution in [0.2, 0.25) is 0 Å². The molecule has 6 heteroatoms. The van der Waals surface area contributed by atoms with Crippen molar-refractivity contribution in [2.75, 3.05) is 20.3 Å². The van der Waals surface area contributed by atoms with Crippen molar-refractivity contribution in [2.24, 2.45) is 0 Å². The minimum Gasteiger partial charge on any atom is -0.416 e. The van der Waals surface area contributed by atoms with Crippen molar-refractivity contribution in [3.05, 3.63) is 59.7 Å². The quantitative estimate of drug-likeness (QED) is 0.660. The summed E-state index contributed by atoms with van der Waals surface area (Å²) in [6.07, 6.45) is 0.782. The van der Waals surface area contributed by atoms with Crippen LogP contribution < -0.4 is 5.32 Å². The molecule has 1 aromatic heterocycles. The average molecular weight is 351 g/mol. The minimum absolute atomic E-state index is 0.112. The molecule has 0 atom stereocenters. The molecule has 0 saturated carbocycles. The third-order valence-electron chi connectivity index (χ3n) is 4.01. The van der Waals surface area contributed by atoms with E-state index in [0.717, 1.165) is 23.1 Å². The van der Waals surface area contributed by atoms with Gasteiger partial charge in [0.15, 0.2) is 0 Å². The van der Waals surface area contributed by atoms with Gasteiger partial charge in [-0.2, -0.15) is 0 Å². The highest BCUT2D eigenvalue weighted by molar-refractivity contribution is 5.94. The molecule has 3 aromatic rings. The van der Waals surface area contributed by atoms with E-state index in [2.05, 4.69) is 15.5 Å². The number of nitrogens with zero attached hydrogens (tertiary/aromatic N) is 2. The number of aryl methyl sites for hydroxylation is 1. The SMILES string of the molecule is COCCCNC(=O)c1ccc(-c2nnc(-c3ccccc3C)o2)cc1. The summed E-state index contributed by atoms with van der Waals surface area (Å²) in [7, 11) is 1.64. The molecule has 6 nitrogen and oxygen atoms in total. The van der Waals surface area contributed by atoms with Gasteiger partial charge in [-0.15, -0.1) is 10.2 Å². The fourth-order valence-electron chi connectivity index (χ4n) is 2.55. The monoisotopic (exact) mass is 351 g/mol. The molecule has 1 N–H and O–H groups in total. The van der Waals surface area contributed by atoms with Crippen LogP contribution in [0.1, 0.15) is 22.3 Å². The molecule has 0 fully saturated rings. The first kappa shape index (κ1) is 17.8. The number of carbonyl (C=O) groups excluding carboxylic acids is 1. The minimum atomic E-state index is -0.112. The Morgan fingerprint density at radius 3 is 2.54 bits per heavy atom. The van der Waals surface area contributed by atoms with E-state index in [9.17, 15) is 4.79 Å². The molecule has 0 aliphatic rings. The van der Waals surface area contributed by atoms with Crippen LogP contribution in [-0.4, -0.2) is 36.4 Å². The van der Waals surface area contributed by atoms with Gasteiger partial charge in [-0.05, 0) is 49.2 Å². The number of hydrogen-bond acceptors (Lipinski definition) is 5. The molecular formula is C20H21N3O3. The Bertz CT molecular complexity index is 872. The summed E-state index contributed by atoms with van der Waals surface area (Å²) in [5, 5.41) is 11.1. The highest BCUT2D eigenvalue weighted by Crippen LogP contribution is 2.26. The number of aromatic nitrogens is 2. The molecule has 1 heterocycles. The zero-order chi connectivity index (χ0) is 18.4. The van der Waals surface area contributed by atoms with Crippen molar-refractivity contribution in [3.8, 4) is 22.9 Å². The lowest BCUT2D eigenvalue weighted by Crippen LogP contribution is -2.25. The molecule has 0 bridgehead atoms. The lowest BCUT2D eigenvalue weighted by molar-refractivity contribution is 0.0948. The normalized spacial score (nSPS) is 10.7. The summed E-state index contributed by atoms with van der Waals surface area (Å²) < 4.78 is 10.8. The second-order valence-corrected chi connectivity index (χ2v) is 5.91. The van der Waals surface area contributed by atoms with Crippen molar-refractivity contribution in [1.82, 2.24) is 15.5 Å². The first-order valence-corrected chi connectivity index (χ1v) is 8.46. The van der Waals surface area contributed by atoms with Gasteiger partial charge in [0.2, 0.25) is 11.8 Å². The Hall–Kier alpha value is -2.99. The molecule has 0 spiro atoms. The van der Waals surface area contributed by atoms with Gasteiger partial charge in [-0.1, -0.05) is 18.2 Å². The van der Waals surface area contributed by atoms with Crippen LogP contribution in [0.4, 0.5) is 0 Å². The third kappa shape index (κ3) is 4.15. The van der Waals surface area contributed by atoms with E-state index in [1.807, 2.05) is 31.2 Å². The Kier molecular flexibility index (Phi) is 5.76. The van der Waals surface area contributed by atoms with Crippen LogP contribution in [0.3, 0.4) is 0 Å². The van der Waals surface area contributed by atoms with E-state index in [4.69, 9.17) is 9.15 Å². The number of amides is 1. The predicted octanol–water partition coefficient (Wildman–Crippen LogP) is 3.48. The second-order valence-electron chi connectivity index (χ2n) is 5.91. The fourth-order valence-corrected chi connectivity index (χ4v) is 2.55. The van der Waals surface area contributed by atoms with Gasteiger partial charge in [0.25, 0.3) is 5.91 Å². The number of benzene rings is 2. The molecular weight excluding hydrogens is 330 g/mol. The van der Waals surface area contributed by atoms with Gasteiger partial charge in [-0.25, -0.2) is 0 Å². The van der Waals surface area contributed by atoms with E-state index in [1.165, 1.54) is 0 Å².